The van der Waals surface area contributed by atoms with Crippen LogP contribution in [0.3, 0.4) is 0 Å². The lowest BCUT2D eigenvalue weighted by atomic mass is 9.91. The fourth-order valence-electron chi connectivity index (χ4n) is 2.23. The van der Waals surface area contributed by atoms with Gasteiger partial charge in [0.15, 0.2) is 0 Å². The van der Waals surface area contributed by atoms with Gasteiger partial charge in [0.1, 0.15) is 17.1 Å². The van der Waals surface area contributed by atoms with Crippen molar-refractivity contribution in [1.29, 1.82) is 0 Å². The summed E-state index contributed by atoms with van der Waals surface area (Å²) in [7, 11) is 1.72. The zero-order valence-corrected chi connectivity index (χ0v) is 10.8. The molecule has 2 nitrogen and oxygen atoms in total. The smallest absolute Gasteiger partial charge is 0.126 e. The second-order valence-corrected chi connectivity index (χ2v) is 5.18. The van der Waals surface area contributed by atoms with Crippen molar-refractivity contribution >= 4 is 0 Å². The molecule has 1 aromatic carbocycles. The molecule has 1 aromatic rings. The van der Waals surface area contributed by atoms with Crippen molar-refractivity contribution in [2.75, 3.05) is 7.11 Å². The van der Waals surface area contributed by atoms with Gasteiger partial charge in [-0.2, -0.15) is 0 Å². The van der Waals surface area contributed by atoms with E-state index in [9.17, 15) is 0 Å². The number of rotatable bonds is 1. The zero-order chi connectivity index (χ0) is 11.9. The highest BCUT2D eigenvalue weighted by atomic mass is 16.5. The summed E-state index contributed by atoms with van der Waals surface area (Å²) in [6, 6.07) is 2.12. The lowest BCUT2D eigenvalue weighted by molar-refractivity contribution is 0.0834. The summed E-state index contributed by atoms with van der Waals surface area (Å²) in [4.78, 5) is 0. The van der Waals surface area contributed by atoms with Crippen LogP contribution < -0.4 is 9.47 Å². The third-order valence-electron chi connectivity index (χ3n) is 3.46. The monoisotopic (exact) mass is 220 g/mol. The summed E-state index contributed by atoms with van der Waals surface area (Å²) >= 11 is 0. The van der Waals surface area contributed by atoms with Crippen molar-refractivity contribution < 1.29 is 9.47 Å². The van der Waals surface area contributed by atoms with Gasteiger partial charge in [-0.05, 0) is 63.3 Å². The minimum Gasteiger partial charge on any atom is -0.496 e. The third-order valence-corrected chi connectivity index (χ3v) is 3.46. The predicted octanol–water partition coefficient (Wildman–Crippen LogP) is 3.42. The van der Waals surface area contributed by atoms with Crippen molar-refractivity contribution in [3.63, 3.8) is 0 Å². The molecule has 0 unspecified atom stereocenters. The van der Waals surface area contributed by atoms with Gasteiger partial charge >= 0.3 is 0 Å². The standard InChI is InChI=1S/C14H20O2/c1-9-10(2)13-11(8-12(9)15-5)6-7-14(3,4)16-13/h8H,6-7H2,1-5H3. The van der Waals surface area contributed by atoms with Crippen molar-refractivity contribution in [2.45, 2.75) is 46.1 Å². The maximum atomic E-state index is 6.07. The Bertz CT molecular complexity index is 419. The van der Waals surface area contributed by atoms with Gasteiger partial charge in [-0.25, -0.2) is 0 Å². The highest BCUT2D eigenvalue weighted by molar-refractivity contribution is 5.53. The number of benzene rings is 1. The minimum absolute atomic E-state index is 0.0429. The summed E-state index contributed by atoms with van der Waals surface area (Å²) in [6.45, 7) is 8.49. The Balaban J connectivity index is 2.53. The Labute approximate surface area is 97.6 Å². The quantitative estimate of drug-likeness (QED) is 0.722. The molecule has 88 valence electrons. The molecular weight excluding hydrogens is 200 g/mol. The Morgan fingerprint density at radius 1 is 1.25 bits per heavy atom. The number of hydrogen-bond donors (Lipinski definition) is 0. The van der Waals surface area contributed by atoms with E-state index in [-0.39, 0.29) is 5.60 Å². The van der Waals surface area contributed by atoms with Crippen LogP contribution in [0.1, 0.15) is 37.0 Å². The number of hydrogen-bond acceptors (Lipinski definition) is 2. The van der Waals surface area contributed by atoms with Crippen molar-refractivity contribution in [3.8, 4) is 11.5 Å². The summed E-state index contributed by atoms with van der Waals surface area (Å²) in [5.74, 6) is 2.04. The highest BCUT2D eigenvalue weighted by Gasteiger charge is 2.28. The summed E-state index contributed by atoms with van der Waals surface area (Å²) in [5.41, 5.74) is 3.62. The molecule has 0 saturated carbocycles. The summed E-state index contributed by atoms with van der Waals surface area (Å²) in [6.07, 6.45) is 2.13. The van der Waals surface area contributed by atoms with Gasteiger partial charge in [0.25, 0.3) is 0 Å². The number of fused-ring (bicyclic) bond motifs is 1. The van der Waals surface area contributed by atoms with Crippen LogP contribution >= 0.6 is 0 Å². The first kappa shape index (κ1) is 11.3. The Morgan fingerprint density at radius 2 is 1.94 bits per heavy atom. The molecule has 1 aliphatic heterocycles. The van der Waals surface area contributed by atoms with Gasteiger partial charge in [0.05, 0.1) is 7.11 Å². The van der Waals surface area contributed by atoms with Crippen LogP contribution in [0.5, 0.6) is 11.5 Å². The molecule has 16 heavy (non-hydrogen) atoms. The molecule has 1 heterocycles. The number of methoxy groups -OCH3 is 1. The Kier molecular flexibility index (Phi) is 2.61. The van der Waals surface area contributed by atoms with Crippen molar-refractivity contribution in [2.24, 2.45) is 0 Å². The maximum Gasteiger partial charge on any atom is 0.126 e. The van der Waals surface area contributed by atoms with E-state index in [1.54, 1.807) is 7.11 Å². The maximum absolute atomic E-state index is 6.07. The van der Waals surface area contributed by atoms with Gasteiger partial charge in [-0.1, -0.05) is 0 Å². The van der Waals surface area contributed by atoms with Gasteiger partial charge in [0, 0.05) is 0 Å². The highest BCUT2D eigenvalue weighted by Crippen LogP contribution is 2.40. The van der Waals surface area contributed by atoms with Gasteiger partial charge < -0.3 is 9.47 Å². The van der Waals surface area contributed by atoms with E-state index in [0.29, 0.717) is 0 Å². The molecule has 2 rings (SSSR count). The molecule has 0 saturated heterocycles. The van der Waals surface area contributed by atoms with E-state index < -0.39 is 0 Å². The molecular formula is C14H20O2. The van der Waals surface area contributed by atoms with Gasteiger partial charge in [-0.15, -0.1) is 0 Å². The van der Waals surface area contributed by atoms with Crippen molar-refractivity contribution in [1.82, 2.24) is 0 Å². The molecule has 0 atom stereocenters. The lowest BCUT2D eigenvalue weighted by Crippen LogP contribution is -2.33. The lowest BCUT2D eigenvalue weighted by Gasteiger charge is -2.34. The molecule has 0 fully saturated rings. The van der Waals surface area contributed by atoms with E-state index in [0.717, 1.165) is 24.3 Å². The van der Waals surface area contributed by atoms with Crippen molar-refractivity contribution in [3.05, 3.63) is 22.8 Å². The molecule has 0 aliphatic carbocycles. The first-order valence-corrected chi connectivity index (χ1v) is 5.81. The summed E-state index contributed by atoms with van der Waals surface area (Å²) < 4.78 is 11.5. The molecule has 2 heteroatoms. The zero-order valence-electron chi connectivity index (χ0n) is 10.8. The molecule has 0 N–H and O–H groups in total. The van der Waals surface area contributed by atoms with Crippen LogP contribution in [-0.2, 0) is 6.42 Å². The van der Waals surface area contributed by atoms with Crippen LogP contribution in [0.15, 0.2) is 6.07 Å². The predicted molar refractivity (Wildman–Crippen MR) is 65.5 cm³/mol. The van der Waals surface area contributed by atoms with Crippen LogP contribution in [0.2, 0.25) is 0 Å². The average Bonchev–Trinajstić information content (AvgIpc) is 2.23. The second kappa shape index (κ2) is 3.69. The number of aryl methyl sites for hydroxylation is 1. The molecule has 0 radical (unpaired) electrons. The largest absolute Gasteiger partial charge is 0.496 e. The first-order chi connectivity index (χ1) is 7.44. The Hall–Kier alpha value is -1.18. The van der Waals surface area contributed by atoms with E-state index in [4.69, 9.17) is 9.47 Å². The Morgan fingerprint density at radius 3 is 2.56 bits per heavy atom. The second-order valence-electron chi connectivity index (χ2n) is 5.18. The summed E-state index contributed by atoms with van der Waals surface area (Å²) in [5, 5.41) is 0. The van der Waals surface area contributed by atoms with E-state index in [1.807, 2.05) is 0 Å². The van der Waals surface area contributed by atoms with E-state index >= 15 is 0 Å². The normalized spacial score (nSPS) is 17.6. The van der Waals surface area contributed by atoms with Crippen LogP contribution in [0, 0.1) is 13.8 Å². The average molecular weight is 220 g/mol. The fraction of sp³-hybridized carbons (Fsp3) is 0.571. The van der Waals surface area contributed by atoms with Crippen LogP contribution in [0.25, 0.3) is 0 Å². The third kappa shape index (κ3) is 1.77. The number of ether oxygens (including phenoxy) is 2. The molecule has 0 bridgehead atoms. The van der Waals surface area contributed by atoms with Gasteiger partial charge in [0.2, 0.25) is 0 Å². The van der Waals surface area contributed by atoms with E-state index in [1.165, 1.54) is 16.7 Å². The molecule has 0 spiro atoms. The SMILES string of the molecule is COc1cc2c(c(C)c1C)OC(C)(C)CC2. The fourth-order valence-corrected chi connectivity index (χ4v) is 2.23. The first-order valence-electron chi connectivity index (χ1n) is 5.81. The van der Waals surface area contributed by atoms with Crippen LogP contribution in [0.4, 0.5) is 0 Å². The topological polar surface area (TPSA) is 18.5 Å². The molecule has 1 aliphatic rings. The molecule has 0 aromatic heterocycles. The minimum atomic E-state index is -0.0429. The molecule has 0 amide bonds. The van der Waals surface area contributed by atoms with Crippen LogP contribution in [-0.4, -0.2) is 12.7 Å². The van der Waals surface area contributed by atoms with Gasteiger partial charge in [-0.3, -0.25) is 0 Å². The van der Waals surface area contributed by atoms with E-state index in [2.05, 4.69) is 33.8 Å².